The Morgan fingerprint density at radius 3 is 2.59 bits per heavy atom. The molecule has 1 aromatic rings. The number of likely N-dealkylation sites (tertiary alicyclic amines) is 1. The second-order valence-corrected chi connectivity index (χ2v) is 5.06. The molecule has 2 nitrogen and oxygen atoms in total. The van der Waals surface area contributed by atoms with Crippen molar-refractivity contribution in [3.05, 3.63) is 35.1 Å². The van der Waals surface area contributed by atoms with Gasteiger partial charge in [0.1, 0.15) is 5.82 Å². The Balaban J connectivity index is 2.14. The monoisotopic (exact) mass is 232 g/mol. The fourth-order valence-corrected chi connectivity index (χ4v) is 2.42. The Bertz CT molecular complexity index is 440. The van der Waals surface area contributed by atoms with Crippen LogP contribution in [0.5, 0.6) is 0 Å². The number of nitriles is 1. The van der Waals surface area contributed by atoms with Gasteiger partial charge in [-0.25, -0.2) is 4.39 Å². The van der Waals surface area contributed by atoms with Gasteiger partial charge in [-0.3, -0.25) is 4.90 Å². The first kappa shape index (κ1) is 12.1. The lowest BCUT2D eigenvalue weighted by Gasteiger charge is -2.16. The van der Waals surface area contributed by atoms with Gasteiger partial charge in [0.05, 0.1) is 11.6 Å². The summed E-state index contributed by atoms with van der Waals surface area (Å²) in [4.78, 5) is 2.30. The molecule has 1 saturated heterocycles. The zero-order valence-corrected chi connectivity index (χ0v) is 10.3. The average Bonchev–Trinajstić information content (AvgIpc) is 2.58. The first-order valence-corrected chi connectivity index (χ1v) is 6.01. The lowest BCUT2D eigenvalue weighted by molar-refractivity contribution is 0.315. The van der Waals surface area contributed by atoms with Crippen LogP contribution in [-0.4, -0.2) is 18.0 Å². The maximum absolute atomic E-state index is 13.2. The van der Waals surface area contributed by atoms with E-state index in [1.54, 1.807) is 6.07 Å². The molecule has 2 rings (SSSR count). The van der Waals surface area contributed by atoms with Crippen molar-refractivity contribution in [2.75, 3.05) is 13.1 Å². The molecule has 1 heterocycles. The van der Waals surface area contributed by atoms with Gasteiger partial charge in [0.15, 0.2) is 0 Å². The van der Waals surface area contributed by atoms with Crippen LogP contribution in [0.2, 0.25) is 0 Å². The third kappa shape index (κ3) is 2.65. The van der Waals surface area contributed by atoms with Crippen molar-refractivity contribution in [3.8, 4) is 6.07 Å². The number of hydrogen-bond acceptors (Lipinski definition) is 2. The summed E-state index contributed by atoms with van der Waals surface area (Å²) in [5, 5.41) is 9.00. The highest BCUT2D eigenvalue weighted by Gasteiger charge is 2.26. The van der Waals surface area contributed by atoms with E-state index < -0.39 is 0 Å². The Morgan fingerprint density at radius 1 is 1.35 bits per heavy atom. The van der Waals surface area contributed by atoms with Gasteiger partial charge in [-0.1, -0.05) is 13.8 Å². The van der Waals surface area contributed by atoms with Crippen molar-refractivity contribution in [1.29, 1.82) is 5.26 Å². The molecule has 0 amide bonds. The summed E-state index contributed by atoms with van der Waals surface area (Å²) in [6, 6.07) is 6.51. The highest BCUT2D eigenvalue weighted by molar-refractivity contribution is 5.37. The van der Waals surface area contributed by atoms with Crippen molar-refractivity contribution >= 4 is 0 Å². The minimum absolute atomic E-state index is 0.265. The van der Waals surface area contributed by atoms with Crippen LogP contribution < -0.4 is 0 Å². The van der Waals surface area contributed by atoms with Crippen molar-refractivity contribution in [2.45, 2.75) is 20.4 Å². The Morgan fingerprint density at radius 2 is 2.00 bits per heavy atom. The van der Waals surface area contributed by atoms with E-state index in [1.165, 1.54) is 12.1 Å². The first-order valence-electron chi connectivity index (χ1n) is 6.01. The summed E-state index contributed by atoms with van der Waals surface area (Å²) in [5.41, 5.74) is 1.38. The van der Waals surface area contributed by atoms with Gasteiger partial charge >= 0.3 is 0 Å². The quantitative estimate of drug-likeness (QED) is 0.784. The molecule has 0 N–H and O–H groups in total. The lowest BCUT2D eigenvalue weighted by Crippen LogP contribution is -2.20. The zero-order chi connectivity index (χ0) is 12.4. The highest BCUT2D eigenvalue weighted by atomic mass is 19.1. The predicted molar refractivity (Wildman–Crippen MR) is 64.7 cm³/mol. The van der Waals surface area contributed by atoms with Crippen LogP contribution in [0.3, 0.4) is 0 Å². The molecule has 17 heavy (non-hydrogen) atoms. The number of halogens is 1. The van der Waals surface area contributed by atoms with Crippen molar-refractivity contribution in [3.63, 3.8) is 0 Å². The Kier molecular flexibility index (Phi) is 3.44. The van der Waals surface area contributed by atoms with Crippen LogP contribution in [0.1, 0.15) is 25.0 Å². The Hall–Kier alpha value is -1.40. The molecule has 2 atom stereocenters. The molecular weight excluding hydrogens is 215 g/mol. The minimum atomic E-state index is -0.265. The van der Waals surface area contributed by atoms with Crippen LogP contribution in [0, 0.1) is 29.0 Å². The van der Waals surface area contributed by atoms with Crippen LogP contribution in [-0.2, 0) is 6.54 Å². The standard InChI is InChI=1S/C14H17FN2/c1-10-7-17(8-11(10)2)9-13-5-14(15)4-3-12(13)6-16/h3-5,10-11H,7-9H2,1-2H3. The third-order valence-corrected chi connectivity index (χ3v) is 3.65. The molecule has 1 aliphatic rings. The van der Waals surface area contributed by atoms with E-state index in [2.05, 4.69) is 24.8 Å². The first-order chi connectivity index (χ1) is 8.10. The van der Waals surface area contributed by atoms with Crippen molar-refractivity contribution in [1.82, 2.24) is 4.90 Å². The zero-order valence-electron chi connectivity index (χ0n) is 10.3. The number of nitrogens with zero attached hydrogens (tertiary/aromatic N) is 2. The van der Waals surface area contributed by atoms with E-state index in [4.69, 9.17) is 5.26 Å². The van der Waals surface area contributed by atoms with Crippen LogP contribution in [0.25, 0.3) is 0 Å². The predicted octanol–water partition coefficient (Wildman–Crippen LogP) is 2.79. The fourth-order valence-electron chi connectivity index (χ4n) is 2.42. The molecular formula is C14H17FN2. The van der Waals surface area contributed by atoms with E-state index in [0.717, 1.165) is 18.7 Å². The fraction of sp³-hybridized carbons (Fsp3) is 0.500. The van der Waals surface area contributed by atoms with E-state index in [1.807, 2.05) is 0 Å². The Labute approximate surface area is 102 Å². The summed E-state index contributed by atoms with van der Waals surface area (Å²) in [5.74, 6) is 1.09. The molecule has 1 aromatic carbocycles. The van der Waals surface area contributed by atoms with E-state index in [9.17, 15) is 4.39 Å². The van der Waals surface area contributed by atoms with Crippen LogP contribution >= 0.6 is 0 Å². The molecule has 1 aliphatic heterocycles. The molecule has 3 heteroatoms. The molecule has 1 fully saturated rings. The van der Waals surface area contributed by atoms with Crippen LogP contribution in [0.15, 0.2) is 18.2 Å². The summed E-state index contributed by atoms with van der Waals surface area (Å²) >= 11 is 0. The van der Waals surface area contributed by atoms with Crippen LogP contribution in [0.4, 0.5) is 4.39 Å². The van der Waals surface area contributed by atoms with Gasteiger partial charge in [-0.05, 0) is 35.6 Å². The molecule has 0 aliphatic carbocycles. The smallest absolute Gasteiger partial charge is 0.123 e. The van der Waals surface area contributed by atoms with E-state index in [-0.39, 0.29) is 5.82 Å². The SMILES string of the molecule is CC1CN(Cc2cc(F)ccc2C#N)CC1C. The molecule has 0 bridgehead atoms. The minimum Gasteiger partial charge on any atom is -0.298 e. The second-order valence-electron chi connectivity index (χ2n) is 5.06. The van der Waals surface area contributed by atoms with Gasteiger partial charge in [0.25, 0.3) is 0 Å². The maximum atomic E-state index is 13.2. The lowest BCUT2D eigenvalue weighted by atomic mass is 10.0. The summed E-state index contributed by atoms with van der Waals surface area (Å²) in [6.07, 6.45) is 0. The van der Waals surface area contributed by atoms with Gasteiger partial charge in [0.2, 0.25) is 0 Å². The molecule has 0 radical (unpaired) electrons. The van der Waals surface area contributed by atoms with E-state index >= 15 is 0 Å². The highest BCUT2D eigenvalue weighted by Crippen LogP contribution is 2.24. The topological polar surface area (TPSA) is 27.0 Å². The average molecular weight is 232 g/mol. The van der Waals surface area contributed by atoms with Crippen molar-refractivity contribution in [2.24, 2.45) is 11.8 Å². The maximum Gasteiger partial charge on any atom is 0.123 e. The molecule has 90 valence electrons. The van der Waals surface area contributed by atoms with Gasteiger partial charge < -0.3 is 0 Å². The second kappa shape index (κ2) is 4.85. The number of hydrogen-bond donors (Lipinski definition) is 0. The van der Waals surface area contributed by atoms with E-state index in [0.29, 0.717) is 23.9 Å². The molecule has 2 unspecified atom stereocenters. The normalized spacial score (nSPS) is 24.8. The number of benzene rings is 1. The molecule has 0 saturated carbocycles. The van der Waals surface area contributed by atoms with Gasteiger partial charge in [0, 0.05) is 19.6 Å². The summed E-state index contributed by atoms with van der Waals surface area (Å²) in [6.45, 7) is 7.21. The summed E-state index contributed by atoms with van der Waals surface area (Å²) in [7, 11) is 0. The molecule has 0 spiro atoms. The van der Waals surface area contributed by atoms with Gasteiger partial charge in [-0.15, -0.1) is 0 Å². The van der Waals surface area contributed by atoms with Gasteiger partial charge in [-0.2, -0.15) is 5.26 Å². The van der Waals surface area contributed by atoms with Crippen molar-refractivity contribution < 1.29 is 4.39 Å². The molecule has 0 aromatic heterocycles. The third-order valence-electron chi connectivity index (χ3n) is 3.65. The number of rotatable bonds is 2. The summed E-state index contributed by atoms with van der Waals surface area (Å²) < 4.78 is 13.2. The largest absolute Gasteiger partial charge is 0.298 e.